The van der Waals surface area contributed by atoms with Gasteiger partial charge in [-0.2, -0.15) is 0 Å². The zero-order chi connectivity index (χ0) is 21.0. The summed E-state index contributed by atoms with van der Waals surface area (Å²) in [4.78, 5) is 27.2. The number of Topliss-reactive ketones (excluding diaryl/α,β-unsaturated/α-hetero) is 1. The first kappa shape index (κ1) is 21.3. The maximum Gasteiger partial charge on any atom is 0.295 e. The summed E-state index contributed by atoms with van der Waals surface area (Å²) >= 11 is 3.36. The molecule has 2 aromatic carbocycles. The van der Waals surface area contributed by atoms with Crippen molar-refractivity contribution >= 4 is 33.4 Å². The van der Waals surface area contributed by atoms with Crippen molar-refractivity contribution in [3.8, 4) is 0 Å². The van der Waals surface area contributed by atoms with Crippen molar-refractivity contribution in [3.63, 3.8) is 0 Å². The highest BCUT2D eigenvalue weighted by atomic mass is 79.9. The third-order valence-electron chi connectivity index (χ3n) is 4.77. The van der Waals surface area contributed by atoms with Gasteiger partial charge in [-0.3, -0.25) is 9.59 Å². The lowest BCUT2D eigenvalue weighted by Gasteiger charge is -2.25. The van der Waals surface area contributed by atoms with Crippen molar-refractivity contribution in [3.05, 3.63) is 75.8 Å². The fourth-order valence-corrected chi connectivity index (χ4v) is 3.67. The summed E-state index contributed by atoms with van der Waals surface area (Å²) in [6.45, 7) is 4.77. The number of aliphatic hydroxyl groups is 1. The second-order valence-corrected chi connectivity index (χ2v) is 8.10. The summed E-state index contributed by atoms with van der Waals surface area (Å²) in [6, 6.07) is 15.7. The van der Waals surface area contributed by atoms with Gasteiger partial charge in [-0.1, -0.05) is 58.4 Å². The first-order chi connectivity index (χ1) is 13.9. The van der Waals surface area contributed by atoms with Crippen molar-refractivity contribution in [1.29, 1.82) is 0 Å². The number of rotatable bonds is 7. The van der Waals surface area contributed by atoms with Gasteiger partial charge >= 0.3 is 0 Å². The van der Waals surface area contributed by atoms with Gasteiger partial charge in [-0.15, -0.1) is 0 Å². The molecule has 152 valence electrons. The molecule has 1 aliphatic heterocycles. The molecule has 1 fully saturated rings. The average Bonchev–Trinajstić information content (AvgIpc) is 2.96. The first-order valence-corrected chi connectivity index (χ1v) is 10.4. The molecule has 1 saturated heterocycles. The third-order valence-corrected chi connectivity index (χ3v) is 5.30. The Morgan fingerprint density at radius 3 is 2.38 bits per heavy atom. The zero-order valence-electron chi connectivity index (χ0n) is 16.5. The second kappa shape index (κ2) is 9.37. The highest BCUT2D eigenvalue weighted by molar-refractivity contribution is 9.10. The number of carbonyl (C=O) groups is 2. The number of aliphatic hydroxyl groups excluding tert-OH is 1. The lowest BCUT2D eigenvalue weighted by atomic mass is 9.95. The minimum Gasteiger partial charge on any atom is -0.507 e. The Balaban J connectivity index is 1.99. The van der Waals surface area contributed by atoms with Crippen LogP contribution in [0.3, 0.4) is 0 Å². The molecule has 5 nitrogen and oxygen atoms in total. The first-order valence-electron chi connectivity index (χ1n) is 9.61. The summed E-state index contributed by atoms with van der Waals surface area (Å²) in [6.07, 6.45) is 0.708. The number of likely N-dealkylation sites (tertiary alicyclic amines) is 1. The van der Waals surface area contributed by atoms with Gasteiger partial charge in [0, 0.05) is 23.2 Å². The molecule has 0 aliphatic carbocycles. The number of carbonyl (C=O) groups excluding carboxylic acids is 2. The van der Waals surface area contributed by atoms with Crippen molar-refractivity contribution in [2.24, 2.45) is 0 Å². The van der Waals surface area contributed by atoms with Crippen LogP contribution in [0.4, 0.5) is 0 Å². The largest absolute Gasteiger partial charge is 0.507 e. The highest BCUT2D eigenvalue weighted by Gasteiger charge is 2.45. The molecule has 0 unspecified atom stereocenters. The predicted molar refractivity (Wildman–Crippen MR) is 115 cm³/mol. The van der Waals surface area contributed by atoms with Crippen LogP contribution in [0.25, 0.3) is 5.76 Å². The Labute approximate surface area is 179 Å². The van der Waals surface area contributed by atoms with Crippen molar-refractivity contribution in [2.75, 3.05) is 13.2 Å². The number of benzene rings is 2. The minimum absolute atomic E-state index is 0.104. The maximum atomic E-state index is 12.9. The summed E-state index contributed by atoms with van der Waals surface area (Å²) in [5.41, 5.74) is 1.40. The van der Waals surface area contributed by atoms with Crippen LogP contribution < -0.4 is 0 Å². The van der Waals surface area contributed by atoms with Gasteiger partial charge in [0.2, 0.25) is 0 Å². The van der Waals surface area contributed by atoms with Crippen molar-refractivity contribution < 1.29 is 19.4 Å². The zero-order valence-corrected chi connectivity index (χ0v) is 18.1. The monoisotopic (exact) mass is 457 g/mol. The van der Waals surface area contributed by atoms with Gasteiger partial charge in [-0.25, -0.2) is 0 Å². The molecule has 0 radical (unpaired) electrons. The van der Waals surface area contributed by atoms with Gasteiger partial charge in [0.1, 0.15) is 5.76 Å². The summed E-state index contributed by atoms with van der Waals surface area (Å²) in [5.74, 6) is -1.42. The Kier molecular flexibility index (Phi) is 6.87. The van der Waals surface area contributed by atoms with Crippen LogP contribution >= 0.6 is 15.9 Å². The Morgan fingerprint density at radius 2 is 1.76 bits per heavy atom. The van der Waals surface area contributed by atoms with Crippen LogP contribution in [0.1, 0.15) is 37.4 Å². The van der Waals surface area contributed by atoms with Gasteiger partial charge in [0.25, 0.3) is 11.7 Å². The molecule has 0 saturated carbocycles. The van der Waals surface area contributed by atoms with E-state index in [1.807, 2.05) is 44.2 Å². The molecule has 0 aromatic heterocycles. The van der Waals surface area contributed by atoms with Crippen LogP contribution in [0, 0.1) is 0 Å². The van der Waals surface area contributed by atoms with E-state index < -0.39 is 17.7 Å². The number of halogens is 1. The molecule has 29 heavy (non-hydrogen) atoms. The molecule has 1 aliphatic rings. The van der Waals surface area contributed by atoms with Gasteiger partial charge < -0.3 is 14.7 Å². The number of nitrogens with zero attached hydrogens (tertiary/aromatic N) is 1. The van der Waals surface area contributed by atoms with Crippen LogP contribution in [-0.4, -0.2) is 41.0 Å². The van der Waals surface area contributed by atoms with Crippen molar-refractivity contribution in [1.82, 2.24) is 4.90 Å². The Bertz CT molecular complexity index is 906. The molecular formula is C23H24BrNO4. The number of hydrogen-bond acceptors (Lipinski definition) is 4. The fraction of sp³-hybridized carbons (Fsp3) is 0.304. The summed E-state index contributed by atoms with van der Waals surface area (Å²) < 4.78 is 6.43. The SMILES string of the molecule is CC(C)OCCCN1C(=O)C(=O)C(=C(O)c2ccc(Br)cc2)[C@H]1c1ccccc1. The van der Waals surface area contributed by atoms with Gasteiger partial charge in [-0.05, 0) is 38.0 Å². The molecule has 0 spiro atoms. The minimum atomic E-state index is -0.663. The smallest absolute Gasteiger partial charge is 0.295 e. The molecule has 1 atom stereocenters. The van der Waals surface area contributed by atoms with Crippen LogP contribution in [-0.2, 0) is 14.3 Å². The molecule has 2 aromatic rings. The summed E-state index contributed by atoms with van der Waals surface area (Å²) in [7, 11) is 0. The van der Waals surface area contributed by atoms with E-state index in [2.05, 4.69) is 15.9 Å². The van der Waals surface area contributed by atoms with E-state index in [4.69, 9.17) is 4.74 Å². The van der Waals surface area contributed by atoms with E-state index in [-0.39, 0.29) is 17.4 Å². The normalized spacial score (nSPS) is 18.6. The van der Waals surface area contributed by atoms with E-state index in [1.165, 1.54) is 4.90 Å². The molecule has 0 bridgehead atoms. The molecule has 1 heterocycles. The molecule has 1 N–H and O–H groups in total. The third kappa shape index (κ3) is 4.77. The van der Waals surface area contributed by atoms with Crippen LogP contribution in [0.15, 0.2) is 64.6 Å². The molecule has 6 heteroatoms. The highest BCUT2D eigenvalue weighted by Crippen LogP contribution is 2.39. The maximum absolute atomic E-state index is 12.9. The number of hydrogen-bond donors (Lipinski definition) is 1. The Morgan fingerprint density at radius 1 is 1.10 bits per heavy atom. The topological polar surface area (TPSA) is 66.8 Å². The average molecular weight is 458 g/mol. The van der Waals surface area contributed by atoms with E-state index >= 15 is 0 Å². The fourth-order valence-electron chi connectivity index (χ4n) is 3.41. The van der Waals surface area contributed by atoms with Gasteiger partial charge in [0.15, 0.2) is 0 Å². The van der Waals surface area contributed by atoms with E-state index in [9.17, 15) is 14.7 Å². The number of ether oxygens (including phenoxy) is 1. The number of ketones is 1. The quantitative estimate of drug-likeness (QED) is 0.283. The molecule has 1 amide bonds. The standard InChI is InChI=1S/C23H24BrNO4/c1-15(2)29-14-6-13-25-20(16-7-4-3-5-8-16)19(22(27)23(25)28)21(26)17-9-11-18(24)12-10-17/h3-5,7-12,15,20,26H,6,13-14H2,1-2H3/t20-/m1/s1. The van der Waals surface area contributed by atoms with E-state index in [0.717, 1.165) is 10.0 Å². The van der Waals surface area contributed by atoms with E-state index in [1.54, 1.807) is 24.3 Å². The molecular weight excluding hydrogens is 434 g/mol. The second-order valence-electron chi connectivity index (χ2n) is 7.18. The van der Waals surface area contributed by atoms with Crippen molar-refractivity contribution in [2.45, 2.75) is 32.4 Å². The van der Waals surface area contributed by atoms with E-state index in [0.29, 0.717) is 25.1 Å². The predicted octanol–water partition coefficient (Wildman–Crippen LogP) is 4.69. The number of amides is 1. The molecule has 3 rings (SSSR count). The Hall–Kier alpha value is -2.44. The summed E-state index contributed by atoms with van der Waals surface area (Å²) in [5, 5.41) is 10.9. The van der Waals surface area contributed by atoms with Gasteiger partial charge in [0.05, 0.1) is 17.7 Å². The lowest BCUT2D eigenvalue weighted by molar-refractivity contribution is -0.140. The van der Waals surface area contributed by atoms with Crippen LogP contribution in [0.5, 0.6) is 0 Å². The van der Waals surface area contributed by atoms with Crippen LogP contribution in [0.2, 0.25) is 0 Å². The lowest BCUT2D eigenvalue weighted by Crippen LogP contribution is -2.31.